The number of phenols is 1. The Bertz CT molecular complexity index is 842. The number of aromatic nitrogens is 1. The van der Waals surface area contributed by atoms with Gasteiger partial charge in [0.1, 0.15) is 17.0 Å². The van der Waals surface area contributed by atoms with Gasteiger partial charge in [0.25, 0.3) is 5.91 Å². The van der Waals surface area contributed by atoms with Gasteiger partial charge in [-0.1, -0.05) is 0 Å². The standard InChI is InChI=1S/C19H25N3O4/c1-19(2,3)26-18(25)22-9-7-21(8-10-22)17(24)16-12-13-11-14(23)5-6-15(13)20(16)4/h5-6,11-12,23H,7-10H2,1-4H3. The van der Waals surface area contributed by atoms with Crippen molar-refractivity contribution in [3.05, 3.63) is 30.0 Å². The van der Waals surface area contributed by atoms with E-state index in [1.807, 2.05) is 32.4 Å². The zero-order valence-corrected chi connectivity index (χ0v) is 15.7. The second-order valence-electron chi connectivity index (χ2n) is 7.59. The molecule has 1 aliphatic heterocycles. The van der Waals surface area contributed by atoms with Crippen molar-refractivity contribution in [1.82, 2.24) is 14.4 Å². The van der Waals surface area contributed by atoms with Crippen molar-refractivity contribution in [2.45, 2.75) is 26.4 Å². The molecule has 1 aliphatic rings. The number of carbonyl (C=O) groups excluding carboxylic acids is 2. The summed E-state index contributed by atoms with van der Waals surface area (Å²) in [6, 6.07) is 6.84. The highest BCUT2D eigenvalue weighted by atomic mass is 16.6. The first kappa shape index (κ1) is 18.1. The van der Waals surface area contributed by atoms with E-state index < -0.39 is 5.60 Å². The summed E-state index contributed by atoms with van der Waals surface area (Å²) in [6.45, 7) is 7.33. The molecular weight excluding hydrogens is 334 g/mol. The minimum atomic E-state index is -0.529. The Labute approximate surface area is 152 Å². The number of ether oxygens (including phenoxy) is 1. The molecule has 2 heterocycles. The average Bonchev–Trinajstić information content (AvgIpc) is 2.89. The number of benzene rings is 1. The van der Waals surface area contributed by atoms with Gasteiger partial charge in [-0.05, 0) is 45.0 Å². The molecule has 3 rings (SSSR count). The third-order valence-electron chi connectivity index (χ3n) is 4.46. The van der Waals surface area contributed by atoms with E-state index in [0.29, 0.717) is 31.9 Å². The van der Waals surface area contributed by atoms with Crippen LogP contribution in [-0.4, -0.2) is 63.3 Å². The number of phenolic OH excluding ortho intramolecular Hbond substituents is 1. The van der Waals surface area contributed by atoms with Crippen molar-refractivity contribution < 1.29 is 19.4 Å². The van der Waals surface area contributed by atoms with E-state index in [1.165, 1.54) is 0 Å². The van der Waals surface area contributed by atoms with Gasteiger partial charge in [-0.15, -0.1) is 0 Å². The predicted molar refractivity (Wildman–Crippen MR) is 98.3 cm³/mol. The number of aromatic hydroxyl groups is 1. The maximum atomic E-state index is 12.9. The topological polar surface area (TPSA) is 75.0 Å². The van der Waals surface area contributed by atoms with Gasteiger partial charge in [0.15, 0.2) is 0 Å². The fourth-order valence-electron chi connectivity index (χ4n) is 3.12. The molecular formula is C19H25N3O4. The van der Waals surface area contributed by atoms with Crippen LogP contribution >= 0.6 is 0 Å². The molecule has 2 aromatic rings. The number of aryl methyl sites for hydroxylation is 1. The van der Waals surface area contributed by atoms with Gasteiger partial charge in [-0.25, -0.2) is 4.79 Å². The van der Waals surface area contributed by atoms with Gasteiger partial charge in [-0.3, -0.25) is 4.79 Å². The van der Waals surface area contributed by atoms with Crippen LogP contribution in [0.25, 0.3) is 10.9 Å². The molecule has 1 fully saturated rings. The molecule has 0 saturated carbocycles. The smallest absolute Gasteiger partial charge is 0.410 e. The molecule has 1 saturated heterocycles. The highest BCUT2D eigenvalue weighted by Crippen LogP contribution is 2.24. The quantitative estimate of drug-likeness (QED) is 0.849. The van der Waals surface area contributed by atoms with Crippen molar-refractivity contribution in [2.75, 3.05) is 26.2 Å². The molecule has 0 atom stereocenters. The summed E-state index contributed by atoms with van der Waals surface area (Å²) >= 11 is 0. The van der Waals surface area contributed by atoms with Crippen LogP contribution in [0.15, 0.2) is 24.3 Å². The zero-order valence-electron chi connectivity index (χ0n) is 15.7. The van der Waals surface area contributed by atoms with Crippen LogP contribution in [0.1, 0.15) is 31.3 Å². The number of fused-ring (bicyclic) bond motifs is 1. The maximum Gasteiger partial charge on any atom is 0.410 e. The Kier molecular flexibility index (Phi) is 4.56. The lowest BCUT2D eigenvalue weighted by molar-refractivity contribution is 0.0139. The Morgan fingerprint density at radius 2 is 1.65 bits per heavy atom. The molecule has 0 radical (unpaired) electrons. The summed E-state index contributed by atoms with van der Waals surface area (Å²) in [5.41, 5.74) is 0.925. The van der Waals surface area contributed by atoms with E-state index in [2.05, 4.69) is 0 Å². The molecule has 0 spiro atoms. The number of carbonyl (C=O) groups is 2. The number of amides is 2. The molecule has 7 nitrogen and oxygen atoms in total. The Morgan fingerprint density at radius 3 is 2.27 bits per heavy atom. The van der Waals surface area contributed by atoms with E-state index >= 15 is 0 Å². The molecule has 2 amide bonds. The summed E-state index contributed by atoms with van der Waals surface area (Å²) in [6.07, 6.45) is -0.343. The van der Waals surface area contributed by atoms with Gasteiger partial charge in [0.05, 0.1) is 0 Å². The van der Waals surface area contributed by atoms with E-state index in [0.717, 1.165) is 10.9 Å². The predicted octanol–water partition coefficient (Wildman–Crippen LogP) is 2.58. The van der Waals surface area contributed by atoms with Gasteiger partial charge in [0, 0.05) is 44.1 Å². The summed E-state index contributed by atoms with van der Waals surface area (Å²) in [5, 5.41) is 10.4. The highest BCUT2D eigenvalue weighted by molar-refractivity contribution is 5.99. The summed E-state index contributed by atoms with van der Waals surface area (Å²) in [5.74, 6) is 0.0973. The first-order valence-corrected chi connectivity index (χ1v) is 8.71. The van der Waals surface area contributed by atoms with Crippen molar-refractivity contribution in [2.24, 2.45) is 7.05 Å². The Morgan fingerprint density at radius 1 is 1.04 bits per heavy atom. The van der Waals surface area contributed by atoms with Crippen LogP contribution in [0.2, 0.25) is 0 Å². The molecule has 7 heteroatoms. The lowest BCUT2D eigenvalue weighted by atomic mass is 10.2. The SMILES string of the molecule is Cn1c(C(=O)N2CCN(C(=O)OC(C)(C)C)CC2)cc2cc(O)ccc21. The van der Waals surface area contributed by atoms with Crippen LogP contribution in [0.4, 0.5) is 4.79 Å². The fourth-order valence-corrected chi connectivity index (χ4v) is 3.12. The van der Waals surface area contributed by atoms with E-state index in [4.69, 9.17) is 4.74 Å². The largest absolute Gasteiger partial charge is 0.508 e. The number of hydrogen-bond donors (Lipinski definition) is 1. The van der Waals surface area contributed by atoms with Crippen molar-refractivity contribution in [3.63, 3.8) is 0 Å². The first-order chi connectivity index (χ1) is 12.2. The zero-order chi connectivity index (χ0) is 19.1. The lowest BCUT2D eigenvalue weighted by Crippen LogP contribution is -2.51. The van der Waals surface area contributed by atoms with Crippen LogP contribution < -0.4 is 0 Å². The number of nitrogens with zero attached hydrogens (tertiary/aromatic N) is 3. The molecule has 0 bridgehead atoms. The molecule has 1 N–H and O–H groups in total. The fraction of sp³-hybridized carbons (Fsp3) is 0.474. The van der Waals surface area contributed by atoms with Crippen molar-refractivity contribution in [1.29, 1.82) is 0 Å². The molecule has 26 heavy (non-hydrogen) atoms. The van der Waals surface area contributed by atoms with E-state index in [1.54, 1.807) is 34.1 Å². The van der Waals surface area contributed by atoms with E-state index in [-0.39, 0.29) is 17.7 Å². The second-order valence-corrected chi connectivity index (χ2v) is 7.59. The molecule has 1 aromatic heterocycles. The minimum Gasteiger partial charge on any atom is -0.508 e. The van der Waals surface area contributed by atoms with Gasteiger partial charge < -0.3 is 24.2 Å². The van der Waals surface area contributed by atoms with Crippen LogP contribution in [-0.2, 0) is 11.8 Å². The highest BCUT2D eigenvalue weighted by Gasteiger charge is 2.29. The monoisotopic (exact) mass is 359 g/mol. The maximum absolute atomic E-state index is 12.9. The second kappa shape index (κ2) is 6.55. The third-order valence-corrected chi connectivity index (χ3v) is 4.46. The van der Waals surface area contributed by atoms with Gasteiger partial charge in [0.2, 0.25) is 0 Å². The number of piperazine rings is 1. The van der Waals surface area contributed by atoms with E-state index in [9.17, 15) is 14.7 Å². The Hall–Kier alpha value is -2.70. The average molecular weight is 359 g/mol. The summed E-state index contributed by atoms with van der Waals surface area (Å²) in [7, 11) is 1.84. The van der Waals surface area contributed by atoms with Gasteiger partial charge >= 0.3 is 6.09 Å². The summed E-state index contributed by atoms with van der Waals surface area (Å²) in [4.78, 5) is 28.4. The number of hydrogen-bond acceptors (Lipinski definition) is 4. The minimum absolute atomic E-state index is 0.0768. The van der Waals surface area contributed by atoms with Crippen molar-refractivity contribution in [3.8, 4) is 5.75 Å². The first-order valence-electron chi connectivity index (χ1n) is 8.71. The van der Waals surface area contributed by atoms with Gasteiger partial charge in [-0.2, -0.15) is 0 Å². The normalized spacial score (nSPS) is 15.4. The Balaban J connectivity index is 1.69. The molecule has 0 unspecified atom stereocenters. The number of rotatable bonds is 1. The van der Waals surface area contributed by atoms with Crippen LogP contribution in [0, 0.1) is 0 Å². The molecule has 0 aliphatic carbocycles. The van der Waals surface area contributed by atoms with Crippen LogP contribution in [0.3, 0.4) is 0 Å². The molecule has 140 valence electrons. The third kappa shape index (κ3) is 3.61. The van der Waals surface area contributed by atoms with Crippen molar-refractivity contribution >= 4 is 22.9 Å². The lowest BCUT2D eigenvalue weighted by Gasteiger charge is -2.35. The molecule has 1 aromatic carbocycles. The summed E-state index contributed by atoms with van der Waals surface area (Å²) < 4.78 is 7.21. The van der Waals surface area contributed by atoms with Crippen LogP contribution in [0.5, 0.6) is 5.75 Å².